The summed E-state index contributed by atoms with van der Waals surface area (Å²) in [6, 6.07) is 5.20. The number of carbonyl (C=O) groups excluding carboxylic acids is 1. The summed E-state index contributed by atoms with van der Waals surface area (Å²) < 4.78 is 10.5. The van der Waals surface area contributed by atoms with E-state index in [4.69, 9.17) is 9.47 Å². The number of benzene rings is 1. The Morgan fingerprint density at radius 1 is 1.15 bits per heavy atom. The number of rotatable bonds is 7. The number of carbonyl (C=O) groups is 1. The number of H-pyrrole nitrogens is 2. The fourth-order valence-electron chi connectivity index (χ4n) is 2.68. The fourth-order valence-corrected chi connectivity index (χ4v) is 2.68. The predicted molar refractivity (Wildman–Crippen MR) is 96.8 cm³/mol. The van der Waals surface area contributed by atoms with Crippen LogP contribution in [0.5, 0.6) is 11.5 Å². The molecule has 1 heterocycles. The quantitative estimate of drug-likeness (QED) is 0.686. The van der Waals surface area contributed by atoms with E-state index in [1.807, 2.05) is 13.0 Å². The lowest BCUT2D eigenvalue weighted by atomic mass is 10.1. The Hall–Kier alpha value is -3.03. The number of methoxy groups -OCH3 is 2. The van der Waals surface area contributed by atoms with Crippen molar-refractivity contribution in [3.63, 3.8) is 0 Å². The number of amides is 1. The Morgan fingerprint density at radius 3 is 2.46 bits per heavy atom. The first-order valence-corrected chi connectivity index (χ1v) is 8.19. The van der Waals surface area contributed by atoms with Crippen molar-refractivity contribution in [3.05, 3.63) is 55.9 Å². The first kappa shape index (κ1) is 19.3. The zero-order valence-electron chi connectivity index (χ0n) is 15.3. The highest BCUT2D eigenvalue weighted by Gasteiger charge is 2.14. The molecule has 1 unspecified atom stereocenters. The molecule has 2 aromatic rings. The molecule has 0 radical (unpaired) electrons. The summed E-state index contributed by atoms with van der Waals surface area (Å²) in [6.45, 7) is 3.49. The number of hydrogen-bond donors (Lipinski definition) is 3. The molecule has 0 saturated carbocycles. The second-order valence-corrected chi connectivity index (χ2v) is 5.92. The molecule has 0 aliphatic carbocycles. The Kier molecular flexibility index (Phi) is 6.21. The Balaban J connectivity index is 2.02. The molecule has 1 aromatic carbocycles. The topological polar surface area (TPSA) is 113 Å². The van der Waals surface area contributed by atoms with Gasteiger partial charge in [-0.25, -0.2) is 4.79 Å². The van der Waals surface area contributed by atoms with Crippen LogP contribution in [-0.4, -0.2) is 30.1 Å². The van der Waals surface area contributed by atoms with Crippen LogP contribution in [0.15, 0.2) is 27.8 Å². The number of aromatic nitrogens is 2. The number of ether oxygens (including phenoxy) is 2. The predicted octanol–water partition coefficient (Wildman–Crippen LogP) is 1.20. The van der Waals surface area contributed by atoms with Crippen molar-refractivity contribution >= 4 is 5.91 Å². The molecule has 0 saturated heterocycles. The molecule has 0 spiro atoms. The lowest BCUT2D eigenvalue weighted by Crippen LogP contribution is -2.30. The third kappa shape index (κ3) is 4.53. The molecule has 26 heavy (non-hydrogen) atoms. The maximum Gasteiger partial charge on any atom is 0.325 e. The minimum absolute atomic E-state index is 0.133. The lowest BCUT2D eigenvalue weighted by Gasteiger charge is -2.16. The van der Waals surface area contributed by atoms with E-state index in [0.29, 0.717) is 22.8 Å². The van der Waals surface area contributed by atoms with Crippen molar-refractivity contribution in [1.82, 2.24) is 15.3 Å². The van der Waals surface area contributed by atoms with Gasteiger partial charge in [0.1, 0.15) is 0 Å². The molecular formula is C18H23N3O5. The van der Waals surface area contributed by atoms with E-state index in [9.17, 15) is 14.4 Å². The Morgan fingerprint density at radius 2 is 1.85 bits per heavy atom. The third-order valence-corrected chi connectivity index (χ3v) is 4.14. The largest absolute Gasteiger partial charge is 0.493 e. The standard InChI is InChI=1S/C18H23N3O5/c1-10(12-5-7-14(25-3)15(9-12)26-4)19-16(22)8-6-13-11(2)20-18(24)21-17(13)23/h5,7,9-10H,6,8H2,1-4H3,(H,19,22)(H2,20,21,23,24). The maximum atomic E-state index is 12.2. The number of aryl methyl sites for hydroxylation is 1. The highest BCUT2D eigenvalue weighted by Crippen LogP contribution is 2.29. The molecule has 0 aliphatic heterocycles. The number of aromatic amines is 2. The fraction of sp³-hybridized carbons (Fsp3) is 0.389. The zero-order valence-corrected chi connectivity index (χ0v) is 15.3. The van der Waals surface area contributed by atoms with E-state index in [0.717, 1.165) is 5.56 Å². The van der Waals surface area contributed by atoms with Crippen LogP contribution in [0.4, 0.5) is 0 Å². The van der Waals surface area contributed by atoms with E-state index in [2.05, 4.69) is 15.3 Å². The van der Waals surface area contributed by atoms with Crippen molar-refractivity contribution in [2.24, 2.45) is 0 Å². The average molecular weight is 361 g/mol. The lowest BCUT2D eigenvalue weighted by molar-refractivity contribution is -0.121. The van der Waals surface area contributed by atoms with Gasteiger partial charge in [-0.2, -0.15) is 0 Å². The summed E-state index contributed by atoms with van der Waals surface area (Å²) in [6.07, 6.45) is 0.371. The van der Waals surface area contributed by atoms with E-state index >= 15 is 0 Å². The van der Waals surface area contributed by atoms with Crippen molar-refractivity contribution in [3.8, 4) is 11.5 Å². The number of nitrogens with one attached hydrogen (secondary N) is 3. The summed E-state index contributed by atoms with van der Waals surface area (Å²) in [5.74, 6) is 1.00. The molecule has 1 amide bonds. The van der Waals surface area contributed by atoms with Gasteiger partial charge in [0.25, 0.3) is 5.56 Å². The summed E-state index contributed by atoms with van der Waals surface area (Å²) >= 11 is 0. The minimum atomic E-state index is -0.553. The Bertz CT molecular complexity index is 900. The SMILES string of the molecule is COc1ccc(C(C)NC(=O)CCc2c(C)[nH]c(=O)[nH]c2=O)cc1OC. The molecule has 3 N–H and O–H groups in total. The average Bonchev–Trinajstić information content (AvgIpc) is 2.59. The minimum Gasteiger partial charge on any atom is -0.493 e. The number of hydrogen-bond acceptors (Lipinski definition) is 5. The van der Waals surface area contributed by atoms with E-state index < -0.39 is 11.2 Å². The normalized spacial score (nSPS) is 11.7. The highest BCUT2D eigenvalue weighted by molar-refractivity contribution is 5.76. The first-order chi connectivity index (χ1) is 12.3. The van der Waals surface area contributed by atoms with Gasteiger partial charge < -0.3 is 19.8 Å². The van der Waals surface area contributed by atoms with Gasteiger partial charge in [0, 0.05) is 17.7 Å². The first-order valence-electron chi connectivity index (χ1n) is 8.19. The van der Waals surface area contributed by atoms with Crippen LogP contribution in [-0.2, 0) is 11.2 Å². The summed E-state index contributed by atoms with van der Waals surface area (Å²) in [4.78, 5) is 39.9. The summed E-state index contributed by atoms with van der Waals surface area (Å²) in [5.41, 5.74) is 0.724. The molecule has 0 aliphatic rings. The van der Waals surface area contributed by atoms with Crippen molar-refractivity contribution in [1.29, 1.82) is 0 Å². The van der Waals surface area contributed by atoms with Crippen molar-refractivity contribution in [2.45, 2.75) is 32.7 Å². The maximum absolute atomic E-state index is 12.2. The molecule has 2 rings (SSSR count). The van der Waals surface area contributed by atoms with Gasteiger partial charge in [0.15, 0.2) is 11.5 Å². The van der Waals surface area contributed by atoms with Crippen LogP contribution >= 0.6 is 0 Å². The van der Waals surface area contributed by atoms with Gasteiger partial charge in [-0.3, -0.25) is 14.6 Å². The molecule has 0 bridgehead atoms. The van der Waals surface area contributed by atoms with Crippen LogP contribution in [0.25, 0.3) is 0 Å². The molecule has 1 atom stereocenters. The van der Waals surface area contributed by atoms with Gasteiger partial charge in [-0.15, -0.1) is 0 Å². The van der Waals surface area contributed by atoms with Gasteiger partial charge in [0.2, 0.25) is 5.91 Å². The van der Waals surface area contributed by atoms with Crippen LogP contribution < -0.4 is 26.0 Å². The second-order valence-electron chi connectivity index (χ2n) is 5.92. The molecule has 8 nitrogen and oxygen atoms in total. The third-order valence-electron chi connectivity index (χ3n) is 4.14. The van der Waals surface area contributed by atoms with E-state index in [1.165, 1.54) is 0 Å². The van der Waals surface area contributed by atoms with Crippen LogP contribution in [0, 0.1) is 6.92 Å². The van der Waals surface area contributed by atoms with Gasteiger partial charge in [-0.05, 0) is 38.0 Å². The zero-order chi connectivity index (χ0) is 19.3. The monoisotopic (exact) mass is 361 g/mol. The smallest absolute Gasteiger partial charge is 0.325 e. The molecule has 140 valence electrons. The highest BCUT2D eigenvalue weighted by atomic mass is 16.5. The van der Waals surface area contributed by atoms with Crippen LogP contribution in [0.1, 0.15) is 36.2 Å². The van der Waals surface area contributed by atoms with Gasteiger partial charge in [-0.1, -0.05) is 6.07 Å². The van der Waals surface area contributed by atoms with Crippen molar-refractivity contribution in [2.75, 3.05) is 14.2 Å². The van der Waals surface area contributed by atoms with Crippen molar-refractivity contribution < 1.29 is 14.3 Å². The van der Waals surface area contributed by atoms with Gasteiger partial charge >= 0.3 is 5.69 Å². The van der Waals surface area contributed by atoms with E-state index in [1.54, 1.807) is 33.3 Å². The summed E-state index contributed by atoms with van der Waals surface area (Å²) in [5, 5.41) is 2.89. The molecule has 1 aromatic heterocycles. The summed E-state index contributed by atoms with van der Waals surface area (Å²) in [7, 11) is 3.11. The molecular weight excluding hydrogens is 338 g/mol. The molecule has 0 fully saturated rings. The Labute approximate surface area is 150 Å². The second kappa shape index (κ2) is 8.37. The van der Waals surface area contributed by atoms with Crippen LogP contribution in [0.2, 0.25) is 0 Å². The van der Waals surface area contributed by atoms with Gasteiger partial charge in [0.05, 0.1) is 20.3 Å². The molecule has 8 heteroatoms. The van der Waals surface area contributed by atoms with Crippen LogP contribution in [0.3, 0.4) is 0 Å². The van der Waals surface area contributed by atoms with E-state index in [-0.39, 0.29) is 24.8 Å².